The lowest BCUT2D eigenvalue weighted by atomic mass is 9.95. The van der Waals surface area contributed by atoms with Crippen molar-refractivity contribution in [1.82, 2.24) is 0 Å². The van der Waals surface area contributed by atoms with Gasteiger partial charge >= 0.3 is 5.97 Å². The molecule has 2 aromatic heterocycles. The highest BCUT2D eigenvalue weighted by molar-refractivity contribution is 9.10. The van der Waals surface area contributed by atoms with E-state index in [1.807, 2.05) is 12.1 Å². The van der Waals surface area contributed by atoms with E-state index in [4.69, 9.17) is 14.6 Å². The number of esters is 1. The number of ether oxygens (including phenoxy) is 1. The summed E-state index contributed by atoms with van der Waals surface area (Å²) in [6.45, 7) is 2.03. The lowest BCUT2D eigenvalue weighted by Crippen LogP contribution is -2.21. The molecule has 1 amide bonds. The minimum absolute atomic E-state index is 0.108. The van der Waals surface area contributed by atoms with Crippen LogP contribution < -0.4 is 10.9 Å². The Hall–Kier alpha value is -2.45. The van der Waals surface area contributed by atoms with Gasteiger partial charge in [-0.1, -0.05) is 15.9 Å². The van der Waals surface area contributed by atoms with Gasteiger partial charge in [0.25, 0.3) is 5.91 Å². The third-order valence-corrected chi connectivity index (χ3v) is 6.55. The van der Waals surface area contributed by atoms with Crippen LogP contribution in [0.25, 0.3) is 11.0 Å². The van der Waals surface area contributed by atoms with Crippen molar-refractivity contribution in [1.29, 1.82) is 5.41 Å². The Morgan fingerprint density at radius 3 is 2.86 bits per heavy atom. The standard InChI is InChI=1S/C21H19BrN2O4S/c1-2-27-21(26)17-13-5-3-4-6-16(13)29-20(17)24-19(25)14-10-11-9-12(22)7-8-15(11)28-18(14)23/h7-10,23H,2-6H2,1H3,(H,24,25). The number of aryl methyl sites for hydroxylation is 1. The van der Waals surface area contributed by atoms with E-state index in [2.05, 4.69) is 21.2 Å². The average Bonchev–Trinajstić information content (AvgIpc) is 3.05. The van der Waals surface area contributed by atoms with Gasteiger partial charge in [0.2, 0.25) is 5.55 Å². The van der Waals surface area contributed by atoms with E-state index in [-0.39, 0.29) is 17.7 Å². The molecule has 0 bridgehead atoms. The average molecular weight is 475 g/mol. The van der Waals surface area contributed by atoms with Gasteiger partial charge in [0.05, 0.1) is 12.2 Å². The Morgan fingerprint density at radius 2 is 2.07 bits per heavy atom. The topological polar surface area (TPSA) is 92.4 Å². The number of fused-ring (bicyclic) bond motifs is 2. The van der Waals surface area contributed by atoms with Gasteiger partial charge in [-0.2, -0.15) is 0 Å². The molecule has 1 aromatic carbocycles. The van der Waals surface area contributed by atoms with Gasteiger partial charge in [0.1, 0.15) is 16.1 Å². The fourth-order valence-corrected chi connectivity index (χ4v) is 5.17. The Labute approximate surface area is 179 Å². The number of hydrogen-bond donors (Lipinski definition) is 2. The van der Waals surface area contributed by atoms with Crippen LogP contribution in [0.5, 0.6) is 0 Å². The summed E-state index contributed by atoms with van der Waals surface area (Å²) < 4.78 is 11.6. The van der Waals surface area contributed by atoms with Crippen molar-refractivity contribution >= 4 is 55.1 Å². The summed E-state index contributed by atoms with van der Waals surface area (Å²) in [4.78, 5) is 26.6. The molecule has 1 aliphatic rings. The normalized spacial score (nSPS) is 13.2. The van der Waals surface area contributed by atoms with Crippen molar-refractivity contribution < 1.29 is 18.7 Å². The molecule has 2 heterocycles. The van der Waals surface area contributed by atoms with Gasteiger partial charge in [-0.05, 0) is 62.4 Å². The van der Waals surface area contributed by atoms with Crippen LogP contribution >= 0.6 is 27.3 Å². The van der Waals surface area contributed by atoms with Crippen LogP contribution in [-0.2, 0) is 17.6 Å². The van der Waals surface area contributed by atoms with Crippen LogP contribution in [-0.4, -0.2) is 18.5 Å². The summed E-state index contributed by atoms with van der Waals surface area (Å²) in [6, 6.07) is 7.00. The van der Waals surface area contributed by atoms with Gasteiger partial charge in [0.15, 0.2) is 0 Å². The smallest absolute Gasteiger partial charge is 0.341 e. The quantitative estimate of drug-likeness (QED) is 0.517. The fraction of sp³-hybridized carbons (Fsp3) is 0.286. The minimum atomic E-state index is -0.482. The van der Waals surface area contributed by atoms with Crippen molar-refractivity contribution in [2.45, 2.75) is 32.6 Å². The lowest BCUT2D eigenvalue weighted by molar-refractivity contribution is 0.0526. The first kappa shape index (κ1) is 19.8. The van der Waals surface area contributed by atoms with Crippen molar-refractivity contribution in [2.24, 2.45) is 0 Å². The molecular formula is C21H19BrN2O4S. The van der Waals surface area contributed by atoms with E-state index < -0.39 is 11.9 Å². The number of anilines is 1. The zero-order valence-corrected chi connectivity index (χ0v) is 18.2. The zero-order chi connectivity index (χ0) is 20.5. The highest BCUT2D eigenvalue weighted by Gasteiger charge is 2.27. The van der Waals surface area contributed by atoms with Gasteiger partial charge in [0, 0.05) is 14.7 Å². The molecule has 1 aliphatic carbocycles. The second-order valence-electron chi connectivity index (χ2n) is 6.76. The summed E-state index contributed by atoms with van der Waals surface area (Å²) in [5.74, 6) is -0.898. The number of nitrogens with one attached hydrogen (secondary N) is 2. The maximum absolute atomic E-state index is 13.0. The van der Waals surface area contributed by atoms with Crippen molar-refractivity contribution in [2.75, 3.05) is 11.9 Å². The van der Waals surface area contributed by atoms with Crippen LogP contribution in [0.3, 0.4) is 0 Å². The third kappa shape index (κ3) is 3.86. The highest BCUT2D eigenvalue weighted by atomic mass is 79.9. The predicted octanol–water partition coefficient (Wildman–Crippen LogP) is 5.04. The van der Waals surface area contributed by atoms with Gasteiger partial charge in [-0.3, -0.25) is 10.2 Å². The van der Waals surface area contributed by atoms with Crippen molar-refractivity contribution in [3.63, 3.8) is 0 Å². The van der Waals surface area contributed by atoms with E-state index in [1.54, 1.807) is 19.1 Å². The molecule has 3 aromatic rings. The molecule has 4 rings (SSSR count). The van der Waals surface area contributed by atoms with Crippen LogP contribution in [0.4, 0.5) is 5.00 Å². The monoisotopic (exact) mass is 474 g/mol. The number of halogens is 1. The summed E-state index contributed by atoms with van der Waals surface area (Å²) in [6.07, 6.45) is 3.78. The predicted molar refractivity (Wildman–Crippen MR) is 115 cm³/mol. The van der Waals surface area contributed by atoms with Crippen molar-refractivity contribution in [3.8, 4) is 0 Å². The number of amides is 1. The van der Waals surface area contributed by atoms with Gasteiger partial charge < -0.3 is 14.5 Å². The molecule has 150 valence electrons. The van der Waals surface area contributed by atoms with E-state index in [0.29, 0.717) is 21.5 Å². The van der Waals surface area contributed by atoms with E-state index in [1.165, 1.54) is 11.3 Å². The summed E-state index contributed by atoms with van der Waals surface area (Å²) in [5, 5.41) is 12.1. The number of carbonyl (C=O) groups excluding carboxylic acids is 2. The van der Waals surface area contributed by atoms with Crippen molar-refractivity contribution in [3.05, 3.63) is 55.9 Å². The maximum atomic E-state index is 13.0. The fourth-order valence-electron chi connectivity index (χ4n) is 3.52. The molecule has 29 heavy (non-hydrogen) atoms. The van der Waals surface area contributed by atoms with Crippen LogP contribution in [0.15, 0.2) is 33.2 Å². The molecule has 6 nitrogen and oxygen atoms in total. The second kappa shape index (κ2) is 8.12. The molecule has 2 N–H and O–H groups in total. The summed E-state index contributed by atoms with van der Waals surface area (Å²) in [7, 11) is 0. The van der Waals surface area contributed by atoms with Crippen LogP contribution in [0.1, 0.15) is 50.9 Å². The molecule has 0 unspecified atom stereocenters. The molecule has 0 aliphatic heterocycles. The Kier molecular flexibility index (Phi) is 5.56. The summed E-state index contributed by atoms with van der Waals surface area (Å²) in [5.41, 5.74) is 1.83. The zero-order valence-electron chi connectivity index (χ0n) is 15.8. The maximum Gasteiger partial charge on any atom is 0.341 e. The van der Waals surface area contributed by atoms with E-state index in [0.717, 1.165) is 40.6 Å². The minimum Gasteiger partial charge on any atom is -0.462 e. The molecule has 0 atom stereocenters. The molecule has 0 spiro atoms. The lowest BCUT2D eigenvalue weighted by Gasteiger charge is -2.12. The number of hydrogen-bond acceptors (Lipinski definition) is 6. The Bertz CT molecular complexity index is 1180. The number of rotatable bonds is 4. The SMILES string of the molecule is CCOC(=O)c1c(NC(=O)c2cc3cc(Br)ccc3oc2=N)sc2c1CCCC2. The first-order chi connectivity index (χ1) is 14.0. The molecule has 0 saturated heterocycles. The Morgan fingerprint density at radius 1 is 1.28 bits per heavy atom. The largest absolute Gasteiger partial charge is 0.462 e. The van der Waals surface area contributed by atoms with Crippen LogP contribution in [0.2, 0.25) is 0 Å². The third-order valence-electron chi connectivity index (χ3n) is 4.85. The first-order valence-electron chi connectivity index (χ1n) is 9.39. The highest BCUT2D eigenvalue weighted by Crippen LogP contribution is 2.38. The van der Waals surface area contributed by atoms with E-state index in [9.17, 15) is 9.59 Å². The van der Waals surface area contributed by atoms with Crippen LogP contribution in [0, 0.1) is 5.41 Å². The van der Waals surface area contributed by atoms with Gasteiger partial charge in [-0.25, -0.2) is 4.79 Å². The Balaban J connectivity index is 1.72. The number of thiophene rings is 1. The molecular weight excluding hydrogens is 456 g/mol. The second-order valence-corrected chi connectivity index (χ2v) is 8.78. The molecule has 8 heteroatoms. The molecule has 0 saturated carbocycles. The summed E-state index contributed by atoms with van der Waals surface area (Å²) >= 11 is 4.82. The number of carbonyl (C=O) groups is 2. The molecule has 0 radical (unpaired) electrons. The van der Waals surface area contributed by atoms with E-state index >= 15 is 0 Å². The first-order valence-corrected chi connectivity index (χ1v) is 11.0. The molecule has 0 fully saturated rings. The van der Waals surface area contributed by atoms with Gasteiger partial charge in [-0.15, -0.1) is 11.3 Å². The number of benzene rings is 1.